The highest BCUT2D eigenvalue weighted by Crippen LogP contribution is 2.72. The fourth-order valence-electron chi connectivity index (χ4n) is 9.76. The molecule has 0 aromatic heterocycles. The van der Waals surface area contributed by atoms with E-state index in [2.05, 4.69) is 33.6 Å². The van der Waals surface area contributed by atoms with Gasteiger partial charge in [0.15, 0.2) is 0 Å². The van der Waals surface area contributed by atoms with Gasteiger partial charge in [-0.1, -0.05) is 60.3 Å². The largest absolute Gasteiger partial charge is 0.124 e. The molecule has 5 fully saturated rings. The summed E-state index contributed by atoms with van der Waals surface area (Å²) in [5, 5.41) is 0. The fourth-order valence-corrected chi connectivity index (χ4v) is 9.76. The number of hydrogen-bond donors (Lipinski definition) is 0. The summed E-state index contributed by atoms with van der Waals surface area (Å²) in [7, 11) is 0. The Hall–Kier alpha value is -0.440. The Morgan fingerprint density at radius 1 is 0.643 bits per heavy atom. The normalized spacial score (nSPS) is 51.6. The molecule has 0 bridgehead atoms. The van der Waals surface area contributed by atoms with E-state index in [0.29, 0.717) is 10.8 Å². The van der Waals surface area contributed by atoms with Gasteiger partial charge in [-0.25, -0.2) is 0 Å². The molecule has 160 valence electrons. The van der Waals surface area contributed by atoms with Crippen LogP contribution in [0.5, 0.6) is 0 Å². The molecule has 8 atom stereocenters. The molecule has 0 aromatic rings. The molecule has 8 unspecified atom stereocenters. The molecule has 0 heterocycles. The van der Waals surface area contributed by atoms with Crippen LogP contribution in [0.3, 0.4) is 0 Å². The van der Waals surface area contributed by atoms with Gasteiger partial charge in [0.25, 0.3) is 0 Å². The van der Waals surface area contributed by atoms with Crippen LogP contribution in [0.15, 0.2) is 0 Å². The van der Waals surface area contributed by atoms with E-state index in [-0.39, 0.29) is 0 Å². The minimum Gasteiger partial charge on any atom is -0.124 e. The second-order valence-corrected chi connectivity index (χ2v) is 11.4. The molecule has 0 aliphatic heterocycles. The van der Waals surface area contributed by atoms with E-state index in [9.17, 15) is 0 Å². The van der Waals surface area contributed by atoms with Crippen LogP contribution < -0.4 is 0 Å². The summed E-state index contributed by atoms with van der Waals surface area (Å²) in [5.74, 6) is 5.42. The second kappa shape index (κ2) is 8.36. The van der Waals surface area contributed by atoms with Gasteiger partial charge < -0.3 is 0 Å². The van der Waals surface area contributed by atoms with Crippen molar-refractivity contribution in [3.63, 3.8) is 0 Å². The Morgan fingerprint density at radius 2 is 1.32 bits per heavy atom. The van der Waals surface area contributed by atoms with Gasteiger partial charge >= 0.3 is 0 Å². The molecule has 0 radical (unpaired) electrons. The monoisotopic (exact) mass is 384 g/mol. The van der Waals surface area contributed by atoms with Gasteiger partial charge in [0.2, 0.25) is 0 Å². The molecule has 5 saturated carbocycles. The van der Waals surface area contributed by atoms with Gasteiger partial charge in [-0.2, -0.15) is 0 Å². The molecular weight excluding hydrogens is 336 g/mol. The standard InChI is InChI=1S/C24H40.C2H6.C2H2/c1-17-7-6-14-24-16-11-20-18(21(24)9-8-19(17)24)10-15-22(2)12-4-5-13-23(20,22)3;2*1-2/h17-21H,4-16H2,1-3H3;1-2H3;1-2H. The van der Waals surface area contributed by atoms with E-state index in [1.54, 1.807) is 57.8 Å². The summed E-state index contributed by atoms with van der Waals surface area (Å²) in [6, 6.07) is 0. The highest BCUT2D eigenvalue weighted by Gasteiger charge is 2.64. The first-order valence-corrected chi connectivity index (χ1v) is 12.8. The van der Waals surface area contributed by atoms with Crippen LogP contribution in [-0.4, -0.2) is 0 Å². The maximum absolute atomic E-state index is 4.00. The van der Waals surface area contributed by atoms with Gasteiger partial charge in [0.1, 0.15) is 0 Å². The van der Waals surface area contributed by atoms with E-state index in [0.717, 1.165) is 35.0 Å². The van der Waals surface area contributed by atoms with Crippen molar-refractivity contribution in [3.05, 3.63) is 0 Å². The lowest BCUT2D eigenvalue weighted by molar-refractivity contribution is -0.162. The molecular formula is C28H48. The predicted octanol–water partition coefficient (Wildman–Crippen LogP) is 8.50. The average molecular weight is 385 g/mol. The maximum atomic E-state index is 4.00. The van der Waals surface area contributed by atoms with Crippen molar-refractivity contribution in [2.45, 2.75) is 118 Å². The van der Waals surface area contributed by atoms with Crippen LogP contribution in [0.25, 0.3) is 0 Å². The Kier molecular flexibility index (Phi) is 6.64. The number of fused-ring (bicyclic) bond motifs is 4. The summed E-state index contributed by atoms with van der Waals surface area (Å²) in [6.07, 6.45) is 28.3. The summed E-state index contributed by atoms with van der Waals surface area (Å²) in [6.45, 7) is 12.0. The van der Waals surface area contributed by atoms with Crippen LogP contribution in [0, 0.1) is 58.7 Å². The molecule has 0 nitrogen and oxygen atoms in total. The summed E-state index contributed by atoms with van der Waals surface area (Å²) >= 11 is 0. The number of rotatable bonds is 0. The van der Waals surface area contributed by atoms with E-state index >= 15 is 0 Å². The van der Waals surface area contributed by atoms with E-state index in [4.69, 9.17) is 0 Å². The summed E-state index contributed by atoms with van der Waals surface area (Å²) < 4.78 is 0. The number of terminal acetylenes is 1. The molecule has 0 saturated heterocycles. The fraction of sp³-hybridized carbons (Fsp3) is 0.929. The van der Waals surface area contributed by atoms with Crippen molar-refractivity contribution in [2.24, 2.45) is 45.8 Å². The average Bonchev–Trinajstić information content (AvgIpc) is 3.13. The third-order valence-electron chi connectivity index (χ3n) is 11.1. The Labute approximate surface area is 177 Å². The topological polar surface area (TPSA) is 0 Å². The van der Waals surface area contributed by atoms with Crippen LogP contribution in [0.4, 0.5) is 0 Å². The lowest BCUT2D eigenvalue weighted by atomic mass is 9.39. The second-order valence-electron chi connectivity index (χ2n) is 11.4. The Balaban J connectivity index is 0.000000531. The molecule has 0 N–H and O–H groups in total. The predicted molar refractivity (Wildman–Crippen MR) is 123 cm³/mol. The molecule has 28 heavy (non-hydrogen) atoms. The number of hydrogen-bond acceptors (Lipinski definition) is 0. The van der Waals surface area contributed by atoms with Crippen molar-refractivity contribution in [1.82, 2.24) is 0 Å². The Morgan fingerprint density at radius 3 is 2.07 bits per heavy atom. The molecule has 5 aliphatic carbocycles. The third-order valence-corrected chi connectivity index (χ3v) is 11.1. The molecule has 0 aromatic carbocycles. The highest BCUT2D eigenvalue weighted by molar-refractivity contribution is 5.13. The lowest BCUT2D eigenvalue weighted by Gasteiger charge is -2.65. The van der Waals surface area contributed by atoms with E-state index < -0.39 is 0 Å². The third kappa shape index (κ3) is 3.01. The van der Waals surface area contributed by atoms with Crippen molar-refractivity contribution < 1.29 is 0 Å². The quantitative estimate of drug-likeness (QED) is 0.367. The first kappa shape index (κ1) is 22.2. The Bertz CT molecular complexity index is 545. The van der Waals surface area contributed by atoms with Gasteiger partial charge in [0, 0.05) is 0 Å². The smallest absolute Gasteiger partial charge is 0.0235 e. The summed E-state index contributed by atoms with van der Waals surface area (Å²) in [4.78, 5) is 0. The molecule has 0 amide bonds. The van der Waals surface area contributed by atoms with Crippen molar-refractivity contribution >= 4 is 0 Å². The van der Waals surface area contributed by atoms with Crippen LogP contribution >= 0.6 is 0 Å². The van der Waals surface area contributed by atoms with Gasteiger partial charge in [-0.3, -0.25) is 0 Å². The zero-order chi connectivity index (χ0) is 20.6. The SMILES string of the molecule is C#C.CC.CC1CCCC23CCC4C(CCC5(C)CCCCC45C)C2CCC13. The van der Waals surface area contributed by atoms with E-state index in [1.165, 1.54) is 25.7 Å². The molecule has 5 aliphatic rings. The van der Waals surface area contributed by atoms with Crippen LogP contribution in [0.1, 0.15) is 118 Å². The zero-order valence-corrected chi connectivity index (χ0v) is 19.7. The van der Waals surface area contributed by atoms with Crippen molar-refractivity contribution in [1.29, 1.82) is 0 Å². The van der Waals surface area contributed by atoms with Crippen LogP contribution in [-0.2, 0) is 0 Å². The van der Waals surface area contributed by atoms with Crippen molar-refractivity contribution in [3.8, 4) is 12.8 Å². The van der Waals surface area contributed by atoms with Crippen molar-refractivity contribution in [2.75, 3.05) is 0 Å². The first-order valence-electron chi connectivity index (χ1n) is 12.8. The van der Waals surface area contributed by atoms with Gasteiger partial charge in [-0.05, 0) is 104 Å². The summed E-state index contributed by atoms with van der Waals surface area (Å²) in [5.41, 5.74) is 2.15. The minimum absolute atomic E-state index is 0.675. The van der Waals surface area contributed by atoms with Gasteiger partial charge in [-0.15, -0.1) is 12.8 Å². The molecule has 5 rings (SSSR count). The zero-order valence-electron chi connectivity index (χ0n) is 19.7. The maximum Gasteiger partial charge on any atom is -0.0235 e. The van der Waals surface area contributed by atoms with E-state index in [1.807, 2.05) is 13.8 Å². The first-order chi connectivity index (χ1) is 13.5. The minimum atomic E-state index is 0.675. The highest BCUT2D eigenvalue weighted by atomic mass is 14.7. The van der Waals surface area contributed by atoms with Gasteiger partial charge in [0.05, 0.1) is 0 Å². The van der Waals surface area contributed by atoms with Crippen LogP contribution in [0.2, 0.25) is 0 Å². The molecule has 1 spiro atoms. The molecule has 0 heteroatoms. The lowest BCUT2D eigenvalue weighted by Crippen LogP contribution is -2.57.